The topological polar surface area (TPSA) is 62.5 Å². The summed E-state index contributed by atoms with van der Waals surface area (Å²) in [5.41, 5.74) is 5.76. The van der Waals surface area contributed by atoms with Crippen molar-refractivity contribution < 1.29 is 4.79 Å². The molecule has 25 heavy (non-hydrogen) atoms. The quantitative estimate of drug-likeness (QED) is 0.790. The van der Waals surface area contributed by atoms with E-state index in [-0.39, 0.29) is 36.8 Å². The summed E-state index contributed by atoms with van der Waals surface area (Å²) in [6.45, 7) is 9.72. The summed E-state index contributed by atoms with van der Waals surface area (Å²) in [5, 5.41) is 1.05. The van der Waals surface area contributed by atoms with Gasteiger partial charge in [-0.1, -0.05) is 11.3 Å². The van der Waals surface area contributed by atoms with Crippen molar-refractivity contribution in [2.24, 2.45) is 11.7 Å². The van der Waals surface area contributed by atoms with E-state index >= 15 is 0 Å². The summed E-state index contributed by atoms with van der Waals surface area (Å²) in [5.74, 6) is 0.565. The van der Waals surface area contributed by atoms with E-state index in [0.29, 0.717) is 12.5 Å². The molecule has 5 nitrogen and oxygen atoms in total. The standard InChI is InChI=1S/C16H24N4OS2.2ClH/c1-4-19(5-2)16-18-14-12(23-16)7-13(22-14)15(21)20-9-11(8-17)6-10(20)3;;/h7,10-11H,4-6,8-9,17H2,1-3H3;2*1H. The van der Waals surface area contributed by atoms with Crippen molar-refractivity contribution in [2.45, 2.75) is 33.2 Å². The highest BCUT2D eigenvalue weighted by Crippen LogP contribution is 2.36. The van der Waals surface area contributed by atoms with E-state index in [1.807, 2.05) is 11.0 Å². The summed E-state index contributed by atoms with van der Waals surface area (Å²) in [7, 11) is 0. The smallest absolute Gasteiger partial charge is 0.264 e. The van der Waals surface area contributed by atoms with Crippen molar-refractivity contribution in [3.05, 3.63) is 10.9 Å². The number of amides is 1. The van der Waals surface area contributed by atoms with Crippen LogP contribution in [0.4, 0.5) is 5.13 Å². The van der Waals surface area contributed by atoms with Crippen LogP contribution in [0.25, 0.3) is 9.53 Å². The van der Waals surface area contributed by atoms with Crippen LogP contribution in [-0.2, 0) is 0 Å². The number of thiophene rings is 1. The summed E-state index contributed by atoms with van der Waals surface area (Å²) in [6.07, 6.45) is 1.01. The Bertz CT molecular complexity index is 670. The molecule has 9 heteroatoms. The van der Waals surface area contributed by atoms with E-state index in [9.17, 15) is 4.79 Å². The number of rotatable bonds is 5. The molecule has 1 amide bonds. The van der Waals surface area contributed by atoms with E-state index < -0.39 is 0 Å². The molecular weight excluding hydrogens is 399 g/mol. The molecule has 2 aromatic rings. The fraction of sp³-hybridized carbons (Fsp3) is 0.625. The molecular formula is C16H26Cl2N4OS2. The fourth-order valence-corrected chi connectivity index (χ4v) is 5.49. The van der Waals surface area contributed by atoms with Gasteiger partial charge in [-0.3, -0.25) is 4.79 Å². The molecule has 1 fully saturated rings. The molecule has 0 spiro atoms. The van der Waals surface area contributed by atoms with Crippen LogP contribution in [0.1, 0.15) is 36.9 Å². The number of hydrogen-bond acceptors (Lipinski definition) is 6. The van der Waals surface area contributed by atoms with Gasteiger partial charge in [0.2, 0.25) is 0 Å². The molecule has 2 aromatic heterocycles. The molecule has 3 heterocycles. The number of anilines is 1. The molecule has 1 aliphatic heterocycles. The van der Waals surface area contributed by atoms with Gasteiger partial charge in [0.15, 0.2) is 5.13 Å². The van der Waals surface area contributed by atoms with Gasteiger partial charge in [-0.2, -0.15) is 0 Å². The number of aromatic nitrogens is 1. The lowest BCUT2D eigenvalue weighted by Gasteiger charge is -2.20. The first-order valence-corrected chi connectivity index (χ1v) is 9.87. The largest absolute Gasteiger partial charge is 0.349 e. The number of thiazole rings is 1. The van der Waals surface area contributed by atoms with Crippen molar-refractivity contribution in [2.75, 3.05) is 31.1 Å². The van der Waals surface area contributed by atoms with Gasteiger partial charge in [0.05, 0.1) is 9.58 Å². The van der Waals surface area contributed by atoms with Crippen LogP contribution in [0.2, 0.25) is 0 Å². The van der Waals surface area contributed by atoms with Gasteiger partial charge >= 0.3 is 0 Å². The predicted molar refractivity (Wildman–Crippen MR) is 113 cm³/mol. The molecule has 0 bridgehead atoms. The molecule has 1 saturated heterocycles. The Hall–Kier alpha value is -0.600. The molecule has 0 radical (unpaired) electrons. The number of carbonyl (C=O) groups excluding carboxylic acids is 1. The summed E-state index contributed by atoms with van der Waals surface area (Å²) in [6, 6.07) is 2.28. The van der Waals surface area contributed by atoms with Crippen LogP contribution in [0.3, 0.4) is 0 Å². The monoisotopic (exact) mass is 424 g/mol. The Balaban J connectivity index is 0.00000156. The zero-order valence-corrected chi connectivity index (χ0v) is 18.0. The van der Waals surface area contributed by atoms with Crippen molar-refractivity contribution >= 4 is 68.1 Å². The van der Waals surface area contributed by atoms with Crippen LogP contribution < -0.4 is 10.6 Å². The first-order chi connectivity index (χ1) is 11.1. The highest BCUT2D eigenvalue weighted by atomic mass is 35.5. The summed E-state index contributed by atoms with van der Waals surface area (Å²) < 4.78 is 1.11. The third-order valence-corrected chi connectivity index (χ3v) is 6.79. The number of likely N-dealkylation sites (tertiary alicyclic amines) is 1. The Morgan fingerprint density at radius 3 is 2.56 bits per heavy atom. The zero-order chi connectivity index (χ0) is 16.6. The molecule has 0 saturated carbocycles. The number of carbonyl (C=O) groups is 1. The second-order valence-corrected chi connectivity index (χ2v) is 8.13. The van der Waals surface area contributed by atoms with Crippen molar-refractivity contribution in [1.29, 1.82) is 0 Å². The van der Waals surface area contributed by atoms with Gasteiger partial charge in [0.25, 0.3) is 5.91 Å². The van der Waals surface area contributed by atoms with Gasteiger partial charge in [-0.15, -0.1) is 36.2 Å². The van der Waals surface area contributed by atoms with Gasteiger partial charge in [0.1, 0.15) is 4.83 Å². The molecule has 0 aromatic carbocycles. The maximum atomic E-state index is 12.8. The maximum absolute atomic E-state index is 12.8. The second kappa shape index (κ2) is 9.37. The highest BCUT2D eigenvalue weighted by molar-refractivity contribution is 7.29. The van der Waals surface area contributed by atoms with Crippen molar-refractivity contribution in [3.8, 4) is 0 Å². The van der Waals surface area contributed by atoms with Crippen LogP contribution in [-0.4, -0.2) is 48.0 Å². The van der Waals surface area contributed by atoms with E-state index in [4.69, 9.17) is 10.7 Å². The van der Waals surface area contributed by atoms with E-state index in [1.165, 1.54) is 11.3 Å². The molecule has 1 aliphatic rings. The van der Waals surface area contributed by atoms with Gasteiger partial charge in [-0.25, -0.2) is 4.98 Å². The van der Waals surface area contributed by atoms with Crippen molar-refractivity contribution in [1.82, 2.24) is 9.88 Å². The minimum absolute atomic E-state index is 0. The number of nitrogens with zero attached hydrogens (tertiary/aromatic N) is 3. The normalized spacial score (nSPS) is 19.6. The summed E-state index contributed by atoms with van der Waals surface area (Å²) >= 11 is 3.19. The Morgan fingerprint density at radius 2 is 2.04 bits per heavy atom. The first-order valence-electron chi connectivity index (χ1n) is 8.23. The Kier molecular flexibility index (Phi) is 8.41. The number of nitrogens with two attached hydrogens (primary N) is 1. The molecule has 2 unspecified atom stereocenters. The van der Waals surface area contributed by atoms with E-state index in [0.717, 1.165) is 45.6 Å². The first kappa shape index (κ1) is 22.4. The molecule has 2 atom stereocenters. The molecule has 2 N–H and O–H groups in total. The lowest BCUT2D eigenvalue weighted by Crippen LogP contribution is -2.33. The Morgan fingerprint density at radius 1 is 1.36 bits per heavy atom. The maximum Gasteiger partial charge on any atom is 0.264 e. The third kappa shape index (κ3) is 4.39. The van der Waals surface area contributed by atoms with Crippen LogP contribution >= 0.6 is 47.5 Å². The molecule has 142 valence electrons. The fourth-order valence-electron chi connectivity index (χ4n) is 3.20. The van der Waals surface area contributed by atoms with E-state index in [1.54, 1.807) is 11.3 Å². The SMILES string of the molecule is CCN(CC)c1nc2sc(C(=O)N3CC(CN)CC3C)cc2s1.Cl.Cl. The lowest BCUT2D eigenvalue weighted by atomic mass is 10.1. The highest BCUT2D eigenvalue weighted by Gasteiger charge is 2.33. The number of halogens is 2. The van der Waals surface area contributed by atoms with Gasteiger partial charge < -0.3 is 15.5 Å². The average Bonchev–Trinajstić information content (AvgIpc) is 3.20. The van der Waals surface area contributed by atoms with Crippen molar-refractivity contribution in [3.63, 3.8) is 0 Å². The lowest BCUT2D eigenvalue weighted by molar-refractivity contribution is 0.0748. The summed E-state index contributed by atoms with van der Waals surface area (Å²) in [4.78, 5) is 23.5. The minimum atomic E-state index is 0. The number of fused-ring (bicyclic) bond motifs is 1. The predicted octanol–water partition coefficient (Wildman–Crippen LogP) is 3.86. The zero-order valence-electron chi connectivity index (χ0n) is 14.7. The molecule has 3 rings (SSSR count). The Labute approximate surface area is 169 Å². The molecule has 0 aliphatic carbocycles. The second-order valence-electron chi connectivity index (χ2n) is 6.09. The van der Waals surface area contributed by atoms with Crippen LogP contribution in [0.5, 0.6) is 0 Å². The van der Waals surface area contributed by atoms with Crippen LogP contribution in [0.15, 0.2) is 6.07 Å². The minimum Gasteiger partial charge on any atom is -0.349 e. The average molecular weight is 425 g/mol. The third-order valence-electron chi connectivity index (χ3n) is 4.58. The number of hydrogen-bond donors (Lipinski definition) is 1. The van der Waals surface area contributed by atoms with Crippen LogP contribution in [0, 0.1) is 5.92 Å². The van der Waals surface area contributed by atoms with E-state index in [2.05, 4.69) is 25.7 Å². The van der Waals surface area contributed by atoms with Gasteiger partial charge in [-0.05, 0) is 45.7 Å². The van der Waals surface area contributed by atoms with Gasteiger partial charge in [0, 0.05) is 25.7 Å².